The van der Waals surface area contributed by atoms with Gasteiger partial charge in [-0.3, -0.25) is 4.79 Å². The molecule has 0 atom stereocenters. The first-order valence-electron chi connectivity index (χ1n) is 7.65. The molecule has 0 aliphatic carbocycles. The minimum atomic E-state index is -0.331. The van der Waals surface area contributed by atoms with Crippen molar-refractivity contribution in [2.45, 2.75) is 0 Å². The van der Waals surface area contributed by atoms with Crippen molar-refractivity contribution in [2.75, 3.05) is 33.8 Å². The highest BCUT2D eigenvalue weighted by Gasteiger charge is 2.11. The van der Waals surface area contributed by atoms with Crippen LogP contribution in [0, 0.1) is 0 Å². The quantitative estimate of drug-likeness (QED) is 0.738. The number of anilines is 1. The van der Waals surface area contributed by atoms with Crippen LogP contribution < -0.4 is 24.3 Å². The van der Waals surface area contributed by atoms with Gasteiger partial charge in [-0.1, -0.05) is 17.7 Å². The number of hydrogen-bond donors (Lipinski definition) is 1. The Balaban J connectivity index is 2.17. The minimum absolute atomic E-state index is 0.331. The molecule has 2 aromatic rings. The molecule has 0 radical (unpaired) electrons. The van der Waals surface area contributed by atoms with Crippen LogP contribution in [-0.4, -0.2) is 34.3 Å². The summed E-state index contributed by atoms with van der Waals surface area (Å²) < 4.78 is 20.8. The smallest absolute Gasteiger partial charge is 0.248 e. The highest BCUT2D eigenvalue weighted by molar-refractivity contribution is 6.32. The third kappa shape index (κ3) is 4.61. The summed E-state index contributed by atoms with van der Waals surface area (Å²) in [6.45, 7) is 0. The molecule has 0 aliphatic heterocycles. The van der Waals surface area contributed by atoms with Crippen LogP contribution in [0.4, 0.5) is 5.69 Å². The maximum atomic E-state index is 12.2. The number of carbonyl (C=O) groups excluding carboxylic acids is 1. The number of methoxy groups -OCH3 is 4. The Labute approximate surface area is 157 Å². The van der Waals surface area contributed by atoms with Gasteiger partial charge in [-0.2, -0.15) is 0 Å². The van der Waals surface area contributed by atoms with Crippen molar-refractivity contribution in [3.63, 3.8) is 0 Å². The number of carbonyl (C=O) groups is 1. The molecule has 0 aromatic heterocycles. The zero-order valence-corrected chi connectivity index (χ0v) is 15.7. The van der Waals surface area contributed by atoms with Gasteiger partial charge >= 0.3 is 0 Å². The molecule has 0 spiro atoms. The van der Waals surface area contributed by atoms with Crippen molar-refractivity contribution in [1.29, 1.82) is 0 Å². The number of halogens is 1. The van der Waals surface area contributed by atoms with Gasteiger partial charge in [-0.25, -0.2) is 0 Å². The maximum absolute atomic E-state index is 12.2. The molecule has 0 saturated heterocycles. The van der Waals surface area contributed by atoms with E-state index >= 15 is 0 Å². The van der Waals surface area contributed by atoms with Crippen LogP contribution in [0.5, 0.6) is 23.0 Å². The SMILES string of the molecule is COc1cc(NC(=O)C=Cc2ccc(OC)c(OC)c2)c(OC)cc1Cl. The number of nitrogens with one attached hydrogen (secondary N) is 1. The van der Waals surface area contributed by atoms with Crippen LogP contribution in [0.3, 0.4) is 0 Å². The van der Waals surface area contributed by atoms with Gasteiger partial charge in [-0.15, -0.1) is 0 Å². The van der Waals surface area contributed by atoms with Crippen molar-refractivity contribution >= 4 is 29.3 Å². The Kier molecular flexibility index (Phi) is 6.74. The molecule has 0 saturated carbocycles. The molecule has 1 N–H and O–H groups in total. The van der Waals surface area contributed by atoms with Crippen molar-refractivity contribution in [1.82, 2.24) is 0 Å². The molecular weight excluding hydrogens is 358 g/mol. The maximum Gasteiger partial charge on any atom is 0.248 e. The largest absolute Gasteiger partial charge is 0.495 e. The second-order valence-corrected chi connectivity index (χ2v) is 5.53. The molecule has 0 unspecified atom stereocenters. The zero-order chi connectivity index (χ0) is 19.1. The summed E-state index contributed by atoms with van der Waals surface area (Å²) >= 11 is 6.06. The zero-order valence-electron chi connectivity index (χ0n) is 15.0. The Morgan fingerprint density at radius 3 is 2.15 bits per heavy atom. The Morgan fingerprint density at radius 1 is 0.885 bits per heavy atom. The summed E-state index contributed by atoms with van der Waals surface area (Å²) in [5, 5.41) is 3.13. The molecule has 6 nitrogen and oxygen atoms in total. The second kappa shape index (κ2) is 9.01. The first-order valence-corrected chi connectivity index (χ1v) is 8.02. The van der Waals surface area contributed by atoms with Crippen molar-refractivity contribution < 1.29 is 23.7 Å². The Morgan fingerprint density at radius 2 is 1.54 bits per heavy atom. The van der Waals surface area contributed by atoms with Gasteiger partial charge < -0.3 is 24.3 Å². The van der Waals surface area contributed by atoms with Crippen LogP contribution in [0.2, 0.25) is 5.02 Å². The number of amides is 1. The molecule has 0 bridgehead atoms. The van der Waals surface area contributed by atoms with E-state index in [1.807, 2.05) is 6.07 Å². The van der Waals surface area contributed by atoms with Crippen molar-refractivity contribution in [3.8, 4) is 23.0 Å². The Bertz CT molecular complexity index is 820. The predicted molar refractivity (Wildman–Crippen MR) is 102 cm³/mol. The topological polar surface area (TPSA) is 66.0 Å². The summed E-state index contributed by atoms with van der Waals surface area (Å²) in [4.78, 5) is 12.2. The highest BCUT2D eigenvalue weighted by atomic mass is 35.5. The average molecular weight is 378 g/mol. The van der Waals surface area contributed by atoms with Crippen molar-refractivity contribution in [2.24, 2.45) is 0 Å². The predicted octanol–water partition coefficient (Wildman–Crippen LogP) is 4.03. The average Bonchev–Trinajstić information content (AvgIpc) is 2.66. The van der Waals surface area contributed by atoms with Crippen LogP contribution in [0.25, 0.3) is 6.08 Å². The van der Waals surface area contributed by atoms with Crippen molar-refractivity contribution in [3.05, 3.63) is 47.0 Å². The molecule has 0 aliphatic rings. The van der Waals surface area contributed by atoms with Gasteiger partial charge in [0.2, 0.25) is 5.91 Å². The molecule has 2 rings (SSSR count). The molecule has 26 heavy (non-hydrogen) atoms. The number of hydrogen-bond acceptors (Lipinski definition) is 5. The second-order valence-electron chi connectivity index (χ2n) is 5.12. The van der Waals surface area contributed by atoms with Crippen LogP contribution in [0.15, 0.2) is 36.4 Å². The van der Waals surface area contributed by atoms with E-state index in [1.165, 1.54) is 20.3 Å². The summed E-state index contributed by atoms with van der Waals surface area (Å²) in [5.74, 6) is 1.74. The lowest BCUT2D eigenvalue weighted by Gasteiger charge is -2.12. The lowest BCUT2D eigenvalue weighted by Crippen LogP contribution is -2.09. The molecule has 0 fully saturated rings. The van der Waals surface area contributed by atoms with E-state index in [9.17, 15) is 4.79 Å². The molecule has 2 aromatic carbocycles. The lowest BCUT2D eigenvalue weighted by molar-refractivity contribution is -0.111. The van der Waals surface area contributed by atoms with Gasteiger partial charge in [-0.05, 0) is 23.8 Å². The molecule has 1 amide bonds. The van der Waals surface area contributed by atoms with E-state index in [0.29, 0.717) is 33.7 Å². The van der Waals surface area contributed by atoms with E-state index in [0.717, 1.165) is 5.56 Å². The summed E-state index contributed by atoms with van der Waals surface area (Å²) in [6, 6.07) is 8.53. The van der Waals surface area contributed by atoms with E-state index in [4.69, 9.17) is 30.5 Å². The monoisotopic (exact) mass is 377 g/mol. The van der Waals surface area contributed by atoms with E-state index in [-0.39, 0.29) is 5.91 Å². The third-order valence-electron chi connectivity index (χ3n) is 3.57. The standard InChI is InChI=1S/C19H20ClNO5/c1-23-15-7-5-12(9-18(15)26-4)6-8-19(22)21-14-11-16(24-2)13(20)10-17(14)25-3/h5-11H,1-4H3,(H,21,22). The number of ether oxygens (including phenoxy) is 4. The van der Waals surface area contributed by atoms with Gasteiger partial charge in [0.1, 0.15) is 11.5 Å². The first-order chi connectivity index (χ1) is 12.5. The Hall–Kier alpha value is -2.86. The number of benzene rings is 2. The fourth-order valence-corrected chi connectivity index (χ4v) is 2.49. The van der Waals surface area contributed by atoms with Gasteiger partial charge in [0.05, 0.1) is 39.1 Å². The molecule has 0 heterocycles. The summed E-state index contributed by atoms with van der Waals surface area (Å²) in [6.07, 6.45) is 3.07. The first kappa shape index (κ1) is 19.5. The minimum Gasteiger partial charge on any atom is -0.495 e. The summed E-state index contributed by atoms with van der Waals surface area (Å²) in [7, 11) is 6.11. The van der Waals surface area contributed by atoms with Crippen LogP contribution >= 0.6 is 11.6 Å². The highest BCUT2D eigenvalue weighted by Crippen LogP contribution is 2.36. The normalized spacial score (nSPS) is 10.5. The van der Waals surface area contributed by atoms with E-state index < -0.39 is 0 Å². The van der Waals surface area contributed by atoms with Crippen LogP contribution in [0.1, 0.15) is 5.56 Å². The van der Waals surface area contributed by atoms with Gasteiger partial charge in [0, 0.05) is 18.2 Å². The third-order valence-corrected chi connectivity index (χ3v) is 3.86. The summed E-state index contributed by atoms with van der Waals surface area (Å²) in [5.41, 5.74) is 1.24. The van der Waals surface area contributed by atoms with Gasteiger partial charge in [0.25, 0.3) is 0 Å². The molecule has 138 valence electrons. The molecule has 7 heteroatoms. The fourth-order valence-electron chi connectivity index (χ4n) is 2.26. The van der Waals surface area contributed by atoms with Crippen LogP contribution in [-0.2, 0) is 4.79 Å². The van der Waals surface area contributed by atoms with E-state index in [1.54, 1.807) is 44.6 Å². The van der Waals surface area contributed by atoms with Gasteiger partial charge in [0.15, 0.2) is 11.5 Å². The van der Waals surface area contributed by atoms with E-state index in [2.05, 4.69) is 5.32 Å². The lowest BCUT2D eigenvalue weighted by atomic mass is 10.2. The molecular formula is C19H20ClNO5. The fraction of sp³-hybridized carbons (Fsp3) is 0.211. The number of rotatable bonds is 7.